The second kappa shape index (κ2) is 14.1. The highest BCUT2D eigenvalue weighted by atomic mass is 31.2. The Hall–Kier alpha value is -4.01. The van der Waals surface area contributed by atoms with Crippen LogP contribution in [-0.4, -0.2) is 85.9 Å². The zero-order valence-electron chi connectivity index (χ0n) is 26.8. The highest BCUT2D eigenvalue weighted by Crippen LogP contribution is 2.47. The number of nitrogens with one attached hydrogen (secondary N) is 3. The predicted octanol–water partition coefficient (Wildman–Crippen LogP) is 2.50. The first-order valence-corrected chi connectivity index (χ1v) is 18.3. The Kier molecular flexibility index (Phi) is 10.0. The van der Waals surface area contributed by atoms with Crippen LogP contribution in [-0.2, 0) is 41.5 Å². The van der Waals surface area contributed by atoms with Crippen molar-refractivity contribution in [1.29, 1.82) is 0 Å². The minimum atomic E-state index is -5.00. The van der Waals surface area contributed by atoms with Crippen LogP contribution in [0.2, 0.25) is 0 Å². The van der Waals surface area contributed by atoms with Crippen LogP contribution in [0.1, 0.15) is 75.3 Å². The number of hydrogen-bond donors (Lipinski definition) is 5. The molecule has 5 atom stereocenters. The number of nitrogens with zero attached hydrogens (tertiary/aromatic N) is 2. The first kappa shape index (κ1) is 34.8. The fraction of sp³-hybridized carbons (Fsp3) is 0.594. The Morgan fingerprint density at radius 1 is 1.02 bits per heavy atom. The standard InChI is InChI=1S/C32H41FN5O10P/c33-24-12-6-8-19-16-37(18-23(19)24)31(43)48-22-14-26-27(39)35-32(29(41)36-49(44,45)46)15-20(32)9-4-2-1-3-5-13-25(28(40)38(26)17-22)34-30(42)47-21-10-7-11-21/h4,6,8-9,12,20-22,25-26H,1-3,5,7,10-11,13-18H2,(H,34,42)(H,35,39)(H3,36,41,44,45,46)/b9-4-/t20?,22-,25+,26+,32-/m1/s1. The van der Waals surface area contributed by atoms with Crippen molar-refractivity contribution in [2.24, 2.45) is 5.92 Å². The third-order valence-electron chi connectivity index (χ3n) is 9.96. The van der Waals surface area contributed by atoms with E-state index in [4.69, 9.17) is 9.47 Å². The molecule has 1 aromatic carbocycles. The van der Waals surface area contributed by atoms with Gasteiger partial charge in [-0.25, -0.2) is 18.5 Å². The molecule has 2 aliphatic carbocycles. The van der Waals surface area contributed by atoms with Crippen LogP contribution in [0, 0.1) is 11.7 Å². The Balaban J connectivity index is 1.23. The van der Waals surface area contributed by atoms with Crippen molar-refractivity contribution in [3.63, 3.8) is 0 Å². The first-order chi connectivity index (χ1) is 23.3. The van der Waals surface area contributed by atoms with Gasteiger partial charge in [0, 0.05) is 24.4 Å². The molecule has 266 valence electrons. The molecule has 0 bridgehead atoms. The Bertz CT molecular complexity index is 1580. The van der Waals surface area contributed by atoms with Crippen LogP contribution >= 0.6 is 7.75 Å². The molecule has 1 saturated heterocycles. The van der Waals surface area contributed by atoms with Crippen LogP contribution in [0.3, 0.4) is 0 Å². The smallest absolute Gasteiger partial charge is 0.429 e. The molecule has 5 amide bonds. The van der Waals surface area contributed by atoms with Gasteiger partial charge in [0.15, 0.2) is 0 Å². The summed E-state index contributed by atoms with van der Waals surface area (Å²) in [4.78, 5) is 88.7. The molecular formula is C32H41FN5O10P. The number of allylic oxidation sites excluding steroid dienone is 1. The molecule has 0 aromatic heterocycles. The van der Waals surface area contributed by atoms with Gasteiger partial charge in [0.25, 0.3) is 5.91 Å². The van der Waals surface area contributed by atoms with Crippen molar-refractivity contribution < 1.29 is 52.2 Å². The van der Waals surface area contributed by atoms with E-state index >= 15 is 0 Å². The van der Waals surface area contributed by atoms with Crippen LogP contribution in [0.5, 0.6) is 0 Å². The van der Waals surface area contributed by atoms with Gasteiger partial charge in [0.2, 0.25) is 11.8 Å². The van der Waals surface area contributed by atoms with E-state index in [1.807, 2.05) is 6.08 Å². The summed E-state index contributed by atoms with van der Waals surface area (Å²) in [5.74, 6) is -3.45. The predicted molar refractivity (Wildman–Crippen MR) is 168 cm³/mol. The Labute approximate surface area is 282 Å². The maximum absolute atomic E-state index is 14.3. The summed E-state index contributed by atoms with van der Waals surface area (Å²) >= 11 is 0. The minimum Gasteiger partial charge on any atom is -0.446 e. The average Bonchev–Trinajstić information content (AvgIpc) is 3.32. The molecular weight excluding hydrogens is 664 g/mol. The molecule has 15 nitrogen and oxygen atoms in total. The molecule has 0 radical (unpaired) electrons. The summed E-state index contributed by atoms with van der Waals surface area (Å²) in [5, 5.41) is 6.99. The van der Waals surface area contributed by atoms with Crippen LogP contribution < -0.4 is 15.7 Å². The normalized spacial score (nSPS) is 29.5. The number of rotatable bonds is 5. The second-order valence-corrected chi connectivity index (χ2v) is 14.8. The molecule has 0 spiro atoms. The quantitative estimate of drug-likeness (QED) is 0.224. The molecule has 6 rings (SSSR count). The zero-order valence-corrected chi connectivity index (χ0v) is 27.7. The maximum atomic E-state index is 14.3. The molecule has 3 fully saturated rings. The molecule has 1 unspecified atom stereocenters. The van der Waals surface area contributed by atoms with E-state index in [2.05, 4.69) is 10.6 Å². The monoisotopic (exact) mass is 705 g/mol. The third-order valence-corrected chi connectivity index (χ3v) is 10.5. The van der Waals surface area contributed by atoms with E-state index in [0.717, 1.165) is 25.7 Å². The number of fused-ring (bicyclic) bond motifs is 3. The van der Waals surface area contributed by atoms with E-state index in [1.165, 1.54) is 15.9 Å². The Morgan fingerprint density at radius 2 is 1.82 bits per heavy atom. The Morgan fingerprint density at radius 3 is 2.53 bits per heavy atom. The lowest BCUT2D eigenvalue weighted by Gasteiger charge is -2.31. The summed E-state index contributed by atoms with van der Waals surface area (Å²) < 4.78 is 37.2. The summed E-state index contributed by atoms with van der Waals surface area (Å²) in [6.07, 6.45) is 6.08. The summed E-state index contributed by atoms with van der Waals surface area (Å²) in [5.41, 5.74) is -0.656. The summed E-state index contributed by atoms with van der Waals surface area (Å²) in [7, 11) is -5.00. The van der Waals surface area contributed by atoms with E-state index < -0.39 is 73.1 Å². The molecule has 17 heteroatoms. The van der Waals surface area contributed by atoms with Crippen molar-refractivity contribution in [3.05, 3.63) is 47.3 Å². The lowest BCUT2D eigenvalue weighted by molar-refractivity contribution is -0.141. The second-order valence-electron chi connectivity index (χ2n) is 13.5. The van der Waals surface area contributed by atoms with E-state index in [9.17, 15) is 42.7 Å². The topological polar surface area (TPSA) is 204 Å². The fourth-order valence-corrected chi connectivity index (χ4v) is 7.40. The molecule has 3 aliphatic heterocycles. The van der Waals surface area contributed by atoms with Crippen molar-refractivity contribution in [1.82, 2.24) is 25.5 Å². The van der Waals surface area contributed by atoms with Gasteiger partial charge in [-0.15, -0.1) is 0 Å². The summed E-state index contributed by atoms with van der Waals surface area (Å²) in [6.45, 7) is -0.105. The third kappa shape index (κ3) is 7.92. The fourth-order valence-electron chi connectivity index (χ4n) is 6.94. The molecule has 2 saturated carbocycles. The number of amides is 5. The van der Waals surface area contributed by atoms with Gasteiger partial charge in [0.1, 0.15) is 35.6 Å². The number of hydrogen-bond acceptors (Lipinski definition) is 8. The number of halogens is 1. The maximum Gasteiger partial charge on any atom is 0.429 e. The molecule has 3 heterocycles. The number of ether oxygens (including phenoxy) is 2. The van der Waals surface area contributed by atoms with Gasteiger partial charge in [-0.3, -0.25) is 24.4 Å². The van der Waals surface area contributed by atoms with Gasteiger partial charge >= 0.3 is 19.9 Å². The van der Waals surface area contributed by atoms with Crippen molar-refractivity contribution in [2.45, 2.75) is 107 Å². The van der Waals surface area contributed by atoms with Gasteiger partial charge in [-0.1, -0.05) is 37.1 Å². The molecule has 5 N–H and O–H groups in total. The first-order valence-electron chi connectivity index (χ1n) is 16.7. The van der Waals surface area contributed by atoms with Crippen LogP contribution in [0.4, 0.5) is 14.0 Å². The van der Waals surface area contributed by atoms with Gasteiger partial charge < -0.3 is 34.8 Å². The molecule has 5 aliphatic rings. The number of benzene rings is 1. The number of carbonyl (C=O) groups is 5. The van der Waals surface area contributed by atoms with Crippen molar-refractivity contribution in [2.75, 3.05) is 6.54 Å². The number of carbonyl (C=O) groups excluding carboxylic acids is 5. The van der Waals surface area contributed by atoms with E-state index in [0.29, 0.717) is 30.4 Å². The van der Waals surface area contributed by atoms with Crippen LogP contribution in [0.25, 0.3) is 0 Å². The lowest BCUT2D eigenvalue weighted by Crippen LogP contribution is -2.57. The largest absolute Gasteiger partial charge is 0.446 e. The molecule has 1 aromatic rings. The van der Waals surface area contributed by atoms with Crippen molar-refractivity contribution in [3.8, 4) is 0 Å². The van der Waals surface area contributed by atoms with E-state index in [-0.39, 0.29) is 45.0 Å². The van der Waals surface area contributed by atoms with Gasteiger partial charge in [-0.05, 0) is 56.6 Å². The van der Waals surface area contributed by atoms with E-state index in [1.54, 1.807) is 23.3 Å². The molecule has 49 heavy (non-hydrogen) atoms. The van der Waals surface area contributed by atoms with Crippen molar-refractivity contribution >= 4 is 37.7 Å². The highest BCUT2D eigenvalue weighted by molar-refractivity contribution is 7.50. The van der Waals surface area contributed by atoms with Gasteiger partial charge in [-0.2, -0.15) is 0 Å². The zero-order chi connectivity index (χ0) is 34.9. The number of alkyl carbamates (subject to hydrolysis) is 1. The lowest BCUT2D eigenvalue weighted by atomic mass is 9.96. The van der Waals surface area contributed by atoms with Gasteiger partial charge in [0.05, 0.1) is 13.1 Å². The van der Waals surface area contributed by atoms with Crippen LogP contribution in [0.15, 0.2) is 30.4 Å². The minimum absolute atomic E-state index is 0.0126. The SMILES string of the molecule is O=C(N[C@H]1CCCCC/C=C\C2C[C@@]2(C(=O)NP(=O)(O)O)NC(=O)[C@@H]2C[C@@H](OC(=O)N3Cc4cccc(F)c4C3)CN2C1=O)OC1CCC1. The summed E-state index contributed by atoms with van der Waals surface area (Å²) in [6, 6.07) is 2.24. The highest BCUT2D eigenvalue weighted by Gasteiger charge is 2.62. The average molecular weight is 706 g/mol.